The molecule has 1 N–H and O–H groups in total. The van der Waals surface area contributed by atoms with Crippen LogP contribution in [0.3, 0.4) is 0 Å². The van der Waals surface area contributed by atoms with Crippen molar-refractivity contribution in [3.8, 4) is 0 Å². The molecule has 3 rings (SSSR count). The number of nitrogens with one attached hydrogen (secondary N) is 1. The zero-order valence-electron chi connectivity index (χ0n) is 19.4. The van der Waals surface area contributed by atoms with Gasteiger partial charge in [-0.15, -0.1) is 0 Å². The van der Waals surface area contributed by atoms with Crippen molar-refractivity contribution in [1.82, 2.24) is 10.2 Å². The van der Waals surface area contributed by atoms with Gasteiger partial charge in [-0.25, -0.2) is 0 Å². The maximum Gasteiger partial charge on any atom is 0.471 e. The fraction of sp³-hybridized carbons (Fsp3) is 0.391. The van der Waals surface area contributed by atoms with E-state index < -0.39 is 54.2 Å². The first-order valence-corrected chi connectivity index (χ1v) is 10.8. The minimum Gasteiger partial charge on any atom is -0.348 e. The van der Waals surface area contributed by atoms with Gasteiger partial charge in [0.1, 0.15) is 0 Å². The molecule has 0 aromatic heterocycles. The Morgan fingerprint density at radius 1 is 0.718 bits per heavy atom. The second-order valence-corrected chi connectivity index (χ2v) is 8.15. The molecule has 2 amide bonds. The lowest BCUT2D eigenvalue weighted by Gasteiger charge is -2.29. The van der Waals surface area contributed by atoms with Gasteiger partial charge in [-0.05, 0) is 53.8 Å². The smallest absolute Gasteiger partial charge is 0.348 e. The van der Waals surface area contributed by atoms with Crippen LogP contribution in [0.25, 0.3) is 0 Å². The summed E-state index contributed by atoms with van der Waals surface area (Å²) in [6.45, 7) is -0.919. The lowest BCUT2D eigenvalue weighted by Crippen LogP contribution is -2.43. The predicted octanol–water partition coefficient (Wildman–Crippen LogP) is 6.08. The molecule has 4 nitrogen and oxygen atoms in total. The number of nitrogens with zero attached hydrogens (tertiary/aromatic N) is 1. The van der Waals surface area contributed by atoms with Gasteiger partial charge in [0.05, 0.1) is 11.1 Å². The average molecular weight is 582 g/mol. The molecule has 0 radical (unpaired) electrons. The zero-order valence-corrected chi connectivity index (χ0v) is 19.4. The lowest BCUT2D eigenvalue weighted by molar-refractivity contribution is -0.186. The number of carbonyl (C=O) groups is 2. The molecule has 0 fully saturated rings. The van der Waals surface area contributed by atoms with Crippen LogP contribution in [0, 0.1) is 0 Å². The highest BCUT2D eigenvalue weighted by atomic mass is 19.4. The van der Waals surface area contributed by atoms with Crippen LogP contribution in [0.15, 0.2) is 42.5 Å². The minimum atomic E-state index is -5.01. The number of hydrogen-bond donors (Lipinski definition) is 1. The van der Waals surface area contributed by atoms with Gasteiger partial charge in [0.2, 0.25) is 0 Å². The number of rotatable bonds is 3. The second-order valence-electron chi connectivity index (χ2n) is 8.15. The van der Waals surface area contributed by atoms with Gasteiger partial charge >= 0.3 is 36.5 Å². The Kier molecular flexibility index (Phi) is 9.56. The Labute approximate surface area is 212 Å². The summed E-state index contributed by atoms with van der Waals surface area (Å²) < 4.78 is 147. The maximum atomic E-state index is 12.5. The normalized spacial score (nSPS) is 14.2. The highest BCUT2D eigenvalue weighted by Crippen LogP contribution is 2.33. The average Bonchev–Trinajstić information content (AvgIpc) is 2.81. The van der Waals surface area contributed by atoms with Crippen molar-refractivity contribution < 1.29 is 62.3 Å². The van der Waals surface area contributed by atoms with Crippen molar-refractivity contribution in [1.29, 1.82) is 0 Å². The molecule has 216 valence electrons. The molecule has 16 heteroatoms. The Bertz CT molecular complexity index is 1150. The number of carbonyl (C=O) groups excluding carboxylic acids is 2. The molecular weight excluding hydrogens is 564 g/mol. The molecule has 39 heavy (non-hydrogen) atoms. The number of fused-ring (bicyclic) bond motifs is 1. The van der Waals surface area contributed by atoms with Gasteiger partial charge in [-0.2, -0.15) is 52.7 Å². The van der Waals surface area contributed by atoms with Crippen LogP contribution in [0.1, 0.15) is 27.8 Å². The molecule has 0 saturated carbocycles. The quantitative estimate of drug-likeness (QED) is 0.447. The summed E-state index contributed by atoms with van der Waals surface area (Å²) in [5.74, 6) is -4.10. The molecule has 0 spiro atoms. The Balaban J connectivity index is 0.000000274. The predicted molar refractivity (Wildman–Crippen MR) is 111 cm³/mol. The van der Waals surface area contributed by atoms with Crippen molar-refractivity contribution in [3.05, 3.63) is 70.3 Å². The minimum absolute atomic E-state index is 0.0138. The highest BCUT2D eigenvalue weighted by Gasteiger charge is 2.43. The third-order valence-electron chi connectivity index (χ3n) is 5.31. The van der Waals surface area contributed by atoms with Gasteiger partial charge < -0.3 is 10.2 Å². The van der Waals surface area contributed by atoms with E-state index >= 15 is 0 Å². The number of benzene rings is 2. The van der Waals surface area contributed by atoms with Crippen molar-refractivity contribution in [2.45, 2.75) is 44.1 Å². The van der Waals surface area contributed by atoms with Gasteiger partial charge in [0.15, 0.2) is 0 Å². The summed E-state index contributed by atoms with van der Waals surface area (Å²) >= 11 is 0. The van der Waals surface area contributed by atoms with Crippen LogP contribution >= 0.6 is 0 Å². The summed E-state index contributed by atoms with van der Waals surface area (Å²) in [5.41, 5.74) is -0.739. The molecule has 0 aliphatic carbocycles. The summed E-state index contributed by atoms with van der Waals surface area (Å²) in [6.07, 6.45) is -18.9. The van der Waals surface area contributed by atoms with Crippen molar-refractivity contribution in [3.63, 3.8) is 0 Å². The maximum absolute atomic E-state index is 12.5. The van der Waals surface area contributed by atoms with Crippen LogP contribution in [-0.2, 0) is 41.3 Å². The number of alkyl halides is 12. The summed E-state index contributed by atoms with van der Waals surface area (Å²) in [6, 6.07) is 6.91. The van der Waals surface area contributed by atoms with E-state index in [-0.39, 0.29) is 31.5 Å². The fourth-order valence-electron chi connectivity index (χ4n) is 3.37. The molecular formula is C23H18F12N2O2. The van der Waals surface area contributed by atoms with Gasteiger partial charge in [-0.1, -0.05) is 18.2 Å². The second kappa shape index (κ2) is 11.7. The van der Waals surface area contributed by atoms with Gasteiger partial charge in [0, 0.05) is 19.6 Å². The molecule has 2 aromatic carbocycles. The number of amides is 2. The van der Waals surface area contributed by atoms with Gasteiger partial charge in [-0.3, -0.25) is 9.59 Å². The van der Waals surface area contributed by atoms with Crippen molar-refractivity contribution >= 4 is 11.8 Å². The fourth-order valence-corrected chi connectivity index (χ4v) is 3.37. The number of halogens is 12. The SMILES string of the molecule is O=C(N1CCc2ccc(C(F)(F)F)cc2C1)C(F)(F)F.O=C(NCCc1ccc(C(F)(F)F)cc1)C(F)(F)F. The van der Waals surface area contributed by atoms with Crippen LogP contribution in [0.2, 0.25) is 0 Å². The first-order chi connectivity index (χ1) is 17.7. The molecule has 0 saturated heterocycles. The van der Waals surface area contributed by atoms with Crippen LogP contribution in [0.4, 0.5) is 52.7 Å². The monoisotopic (exact) mass is 582 g/mol. The third-order valence-corrected chi connectivity index (χ3v) is 5.31. The molecule has 1 heterocycles. The first-order valence-electron chi connectivity index (χ1n) is 10.8. The first kappa shape index (κ1) is 31.8. The zero-order chi connectivity index (χ0) is 29.8. The molecule has 0 atom stereocenters. The largest absolute Gasteiger partial charge is 0.471 e. The standard InChI is InChI=1S/C12H9F6NO.C11H9F6NO/c13-11(14,15)9-2-1-7-3-4-19(6-8(7)5-9)10(20)12(16,17)18;12-10(13,14)8-3-1-7(2-4-8)5-6-18-9(19)11(15,16)17/h1-2,5H,3-4,6H2;1-4H,5-6H2,(H,18,19). The van der Waals surface area contributed by atoms with Crippen LogP contribution < -0.4 is 5.32 Å². The molecule has 2 aromatic rings. The Morgan fingerprint density at radius 3 is 1.74 bits per heavy atom. The van der Waals surface area contributed by atoms with Gasteiger partial charge in [0.25, 0.3) is 0 Å². The highest BCUT2D eigenvalue weighted by molar-refractivity contribution is 5.82. The Morgan fingerprint density at radius 2 is 1.26 bits per heavy atom. The summed E-state index contributed by atoms with van der Waals surface area (Å²) in [5, 5.41) is 1.63. The lowest BCUT2D eigenvalue weighted by atomic mass is 9.97. The Hall–Kier alpha value is -3.46. The van der Waals surface area contributed by atoms with E-state index in [1.807, 2.05) is 0 Å². The van der Waals surface area contributed by atoms with E-state index in [0.29, 0.717) is 16.0 Å². The molecule has 1 aliphatic rings. The topological polar surface area (TPSA) is 49.4 Å². The van der Waals surface area contributed by atoms with E-state index in [0.717, 1.165) is 36.4 Å². The molecule has 0 bridgehead atoms. The number of hydrogen-bond acceptors (Lipinski definition) is 2. The van der Waals surface area contributed by atoms with E-state index in [2.05, 4.69) is 0 Å². The molecule has 1 aliphatic heterocycles. The summed E-state index contributed by atoms with van der Waals surface area (Å²) in [4.78, 5) is 22.1. The van der Waals surface area contributed by atoms with Crippen LogP contribution in [0.5, 0.6) is 0 Å². The van der Waals surface area contributed by atoms with Crippen molar-refractivity contribution in [2.75, 3.05) is 13.1 Å². The third kappa shape index (κ3) is 9.35. The van der Waals surface area contributed by atoms with Crippen molar-refractivity contribution in [2.24, 2.45) is 0 Å². The van der Waals surface area contributed by atoms with E-state index in [9.17, 15) is 62.3 Å². The van der Waals surface area contributed by atoms with E-state index in [4.69, 9.17) is 0 Å². The van der Waals surface area contributed by atoms with E-state index in [1.54, 1.807) is 5.32 Å². The summed E-state index contributed by atoms with van der Waals surface area (Å²) in [7, 11) is 0. The van der Waals surface area contributed by atoms with E-state index in [1.165, 1.54) is 6.07 Å². The molecule has 0 unspecified atom stereocenters. The van der Waals surface area contributed by atoms with Crippen LogP contribution in [-0.4, -0.2) is 42.2 Å².